The first-order valence-electron chi connectivity index (χ1n) is 12.1. The van der Waals surface area contributed by atoms with Gasteiger partial charge in [0.2, 0.25) is 11.8 Å². The Morgan fingerprint density at radius 3 is 2.92 bits per heavy atom. The second kappa shape index (κ2) is 8.78. The minimum atomic E-state index is -0.0832. The first-order chi connectivity index (χ1) is 17.4. The molecular weight excluding hydrogens is 458 g/mol. The summed E-state index contributed by atoms with van der Waals surface area (Å²) in [6, 6.07) is 9.82. The third-order valence-electron chi connectivity index (χ3n) is 6.87. The topological polar surface area (TPSA) is 115 Å². The number of ether oxygens (including phenoxy) is 1. The number of hydrogen-bond donors (Lipinski definition) is 2. The van der Waals surface area contributed by atoms with Crippen molar-refractivity contribution in [2.75, 3.05) is 18.5 Å². The predicted molar refractivity (Wildman–Crippen MR) is 132 cm³/mol. The van der Waals surface area contributed by atoms with Gasteiger partial charge in [-0.2, -0.15) is 10.2 Å². The van der Waals surface area contributed by atoms with Gasteiger partial charge in [0.15, 0.2) is 11.6 Å². The number of nitrogens with zero attached hydrogens (tertiary/aromatic N) is 5. The maximum atomic E-state index is 12.8. The second-order valence-electron chi connectivity index (χ2n) is 9.68. The summed E-state index contributed by atoms with van der Waals surface area (Å²) < 4.78 is 9.54. The minimum Gasteiger partial charge on any atom is -0.489 e. The maximum Gasteiger partial charge on any atom is 0.229 e. The number of carbonyl (C=O) groups is 2. The van der Waals surface area contributed by atoms with Crippen molar-refractivity contribution in [2.24, 2.45) is 18.9 Å². The predicted octanol–water partition coefficient (Wildman–Crippen LogP) is 2.70. The summed E-state index contributed by atoms with van der Waals surface area (Å²) in [4.78, 5) is 28.7. The number of anilines is 1. The van der Waals surface area contributed by atoms with E-state index in [-0.39, 0.29) is 29.6 Å². The van der Waals surface area contributed by atoms with Crippen molar-refractivity contribution in [2.45, 2.75) is 25.7 Å². The number of hydrogen-bond acceptors (Lipinski definition) is 6. The van der Waals surface area contributed by atoms with Crippen LogP contribution in [0.2, 0.25) is 0 Å². The Kier molecular flexibility index (Phi) is 5.43. The zero-order valence-corrected chi connectivity index (χ0v) is 20.1. The fourth-order valence-corrected chi connectivity index (χ4v) is 4.77. The van der Waals surface area contributed by atoms with Crippen LogP contribution in [0.5, 0.6) is 5.75 Å². The van der Waals surface area contributed by atoms with E-state index in [0.717, 1.165) is 34.5 Å². The molecule has 1 saturated carbocycles. The van der Waals surface area contributed by atoms with Gasteiger partial charge in [-0.15, -0.1) is 0 Å². The van der Waals surface area contributed by atoms with Crippen LogP contribution in [0.25, 0.3) is 16.8 Å². The molecule has 0 radical (unpaired) electrons. The molecule has 2 N–H and O–H groups in total. The van der Waals surface area contributed by atoms with Crippen LogP contribution in [0.3, 0.4) is 0 Å². The number of pyridine rings is 2. The summed E-state index contributed by atoms with van der Waals surface area (Å²) >= 11 is 0. The van der Waals surface area contributed by atoms with Crippen LogP contribution in [-0.2, 0) is 16.6 Å². The van der Waals surface area contributed by atoms with Gasteiger partial charge in [0.1, 0.15) is 5.69 Å². The Morgan fingerprint density at radius 1 is 1.25 bits per heavy atom. The molecule has 4 aromatic rings. The molecule has 2 aliphatic rings. The van der Waals surface area contributed by atoms with E-state index in [0.29, 0.717) is 31.1 Å². The van der Waals surface area contributed by atoms with Gasteiger partial charge in [-0.3, -0.25) is 19.3 Å². The van der Waals surface area contributed by atoms with Crippen LogP contribution in [0.1, 0.15) is 30.0 Å². The third kappa shape index (κ3) is 4.30. The Morgan fingerprint density at radius 2 is 2.14 bits per heavy atom. The number of aryl methyl sites for hydroxylation is 2. The SMILES string of the molecule is Cc1ccc([C@@H]2C[C@@H]2C(=O)Nc2cc3cc(-c4c(OC[C@H]5CNC(=O)C5)cnn4C)ccn3n2)nc1. The molecule has 2 amide bonds. The van der Waals surface area contributed by atoms with Gasteiger partial charge >= 0.3 is 0 Å². The molecule has 1 aliphatic carbocycles. The lowest BCUT2D eigenvalue weighted by Crippen LogP contribution is -2.16. The molecule has 184 valence electrons. The normalized spacial score (nSPS) is 20.9. The van der Waals surface area contributed by atoms with Gasteiger partial charge < -0.3 is 15.4 Å². The molecule has 0 spiro atoms. The highest BCUT2D eigenvalue weighted by Gasteiger charge is 2.45. The second-order valence-corrected chi connectivity index (χ2v) is 9.68. The molecule has 0 bridgehead atoms. The monoisotopic (exact) mass is 485 g/mol. The van der Waals surface area contributed by atoms with Crippen LogP contribution >= 0.6 is 0 Å². The molecule has 2 fully saturated rings. The van der Waals surface area contributed by atoms with E-state index in [9.17, 15) is 9.59 Å². The van der Waals surface area contributed by atoms with Crippen molar-refractivity contribution in [3.8, 4) is 17.0 Å². The lowest BCUT2D eigenvalue weighted by Gasteiger charge is -2.11. The fourth-order valence-electron chi connectivity index (χ4n) is 4.77. The van der Waals surface area contributed by atoms with Crippen LogP contribution < -0.4 is 15.4 Å². The molecule has 36 heavy (non-hydrogen) atoms. The van der Waals surface area contributed by atoms with Gasteiger partial charge in [0.05, 0.1) is 18.3 Å². The van der Waals surface area contributed by atoms with Crippen molar-refractivity contribution in [1.29, 1.82) is 0 Å². The molecule has 4 aromatic heterocycles. The number of aromatic nitrogens is 5. The fraction of sp³-hybridized carbons (Fsp3) is 0.346. The highest BCUT2D eigenvalue weighted by Crippen LogP contribution is 2.47. The Bertz CT molecular complexity index is 1460. The molecule has 10 heteroatoms. The first kappa shape index (κ1) is 22.3. The quantitative estimate of drug-likeness (QED) is 0.416. The summed E-state index contributed by atoms with van der Waals surface area (Å²) in [6.45, 7) is 3.08. The highest BCUT2D eigenvalue weighted by molar-refractivity contribution is 5.95. The third-order valence-corrected chi connectivity index (χ3v) is 6.87. The van der Waals surface area contributed by atoms with Crippen LogP contribution in [-0.4, -0.2) is 49.3 Å². The van der Waals surface area contributed by atoms with Crippen molar-refractivity contribution >= 4 is 23.1 Å². The number of amides is 2. The Balaban J connectivity index is 1.16. The molecule has 1 aliphatic heterocycles. The molecule has 6 rings (SSSR count). The van der Waals surface area contributed by atoms with Gasteiger partial charge in [0, 0.05) is 67.5 Å². The van der Waals surface area contributed by atoms with Crippen molar-refractivity contribution < 1.29 is 14.3 Å². The maximum absolute atomic E-state index is 12.8. The lowest BCUT2D eigenvalue weighted by molar-refractivity contribution is -0.119. The highest BCUT2D eigenvalue weighted by atomic mass is 16.5. The number of fused-ring (bicyclic) bond motifs is 1. The van der Waals surface area contributed by atoms with Gasteiger partial charge in [-0.05, 0) is 37.1 Å². The number of rotatable bonds is 7. The average molecular weight is 486 g/mol. The minimum absolute atomic E-state index is 0.0341. The molecule has 0 aromatic carbocycles. The van der Waals surface area contributed by atoms with Gasteiger partial charge in [-0.25, -0.2) is 4.52 Å². The van der Waals surface area contributed by atoms with E-state index in [1.165, 1.54) is 0 Å². The summed E-state index contributed by atoms with van der Waals surface area (Å²) in [5.74, 6) is 1.44. The molecular formula is C26H27N7O3. The van der Waals surface area contributed by atoms with Crippen LogP contribution in [0.4, 0.5) is 5.82 Å². The summed E-state index contributed by atoms with van der Waals surface area (Å²) in [7, 11) is 1.87. The zero-order chi connectivity index (χ0) is 24.8. The van der Waals surface area contributed by atoms with Crippen molar-refractivity contribution in [3.05, 3.63) is 60.2 Å². The summed E-state index contributed by atoms with van der Waals surface area (Å²) in [6.07, 6.45) is 6.67. The molecule has 5 heterocycles. The molecule has 1 saturated heterocycles. The van der Waals surface area contributed by atoms with E-state index in [4.69, 9.17) is 4.74 Å². The van der Waals surface area contributed by atoms with Gasteiger partial charge in [0.25, 0.3) is 0 Å². The largest absolute Gasteiger partial charge is 0.489 e. The van der Waals surface area contributed by atoms with Gasteiger partial charge in [-0.1, -0.05) is 6.07 Å². The van der Waals surface area contributed by atoms with Crippen LogP contribution in [0.15, 0.2) is 48.9 Å². The smallest absolute Gasteiger partial charge is 0.229 e. The van der Waals surface area contributed by atoms with Crippen LogP contribution in [0, 0.1) is 18.8 Å². The molecule has 10 nitrogen and oxygen atoms in total. The molecule has 0 unspecified atom stereocenters. The average Bonchev–Trinajstić information content (AvgIpc) is 3.17. The van der Waals surface area contributed by atoms with E-state index in [1.54, 1.807) is 15.4 Å². The van der Waals surface area contributed by atoms with E-state index >= 15 is 0 Å². The van der Waals surface area contributed by atoms with E-state index in [2.05, 4.69) is 25.8 Å². The first-order valence-corrected chi connectivity index (χ1v) is 12.1. The van der Waals surface area contributed by atoms with E-state index in [1.807, 2.05) is 56.7 Å². The zero-order valence-electron chi connectivity index (χ0n) is 20.1. The summed E-state index contributed by atoms with van der Waals surface area (Å²) in [5, 5.41) is 14.7. The van der Waals surface area contributed by atoms with Crippen molar-refractivity contribution in [3.63, 3.8) is 0 Å². The Labute approximate surface area is 207 Å². The summed E-state index contributed by atoms with van der Waals surface area (Å²) in [5.41, 5.74) is 4.67. The van der Waals surface area contributed by atoms with E-state index < -0.39 is 0 Å². The Hall–Kier alpha value is -4.21. The standard InChI is InChI=1S/C26H27N7O3/c1-15-3-4-21(27-11-15)19-10-20(19)26(35)30-23-9-18-8-17(5-6-33(18)31-23)25-22(13-29-32(25)2)36-14-16-7-24(34)28-12-16/h3-6,8-9,11,13,16,19-20H,7,10,12,14H2,1-2H3,(H,28,34)(H,30,31,35)/t16-,19-,20+/m1/s1. The number of nitrogens with one attached hydrogen (secondary N) is 2. The lowest BCUT2D eigenvalue weighted by atomic mass is 10.1. The van der Waals surface area contributed by atoms with Crippen molar-refractivity contribution in [1.82, 2.24) is 29.7 Å². The molecule has 3 atom stereocenters. The number of carbonyl (C=O) groups excluding carboxylic acids is 2.